The second kappa shape index (κ2) is 12.4. The van der Waals surface area contributed by atoms with Crippen LogP contribution in [0.4, 0.5) is 16.3 Å². The number of hydrogen-bond donors (Lipinski definition) is 3. The van der Waals surface area contributed by atoms with Gasteiger partial charge in [-0.25, -0.2) is 22.9 Å². The van der Waals surface area contributed by atoms with Gasteiger partial charge >= 0.3 is 6.09 Å². The van der Waals surface area contributed by atoms with Gasteiger partial charge in [-0.05, 0) is 63.8 Å². The highest BCUT2D eigenvalue weighted by molar-refractivity contribution is 7.89. The number of anilines is 2. The fourth-order valence-corrected chi connectivity index (χ4v) is 6.90. The number of benzene rings is 1. The molecule has 3 aromatic rings. The maximum absolute atomic E-state index is 13.1. The Morgan fingerprint density at radius 2 is 1.92 bits per heavy atom. The number of rotatable bonds is 9. The zero-order valence-corrected chi connectivity index (χ0v) is 23.8. The Kier molecular flexibility index (Phi) is 9.19. The molecular weight excluding hydrogens is 548 g/mol. The molecule has 0 spiro atoms. The molecule has 4 rings (SSSR count). The normalized spacial score (nSPS) is 17.8. The van der Waals surface area contributed by atoms with Gasteiger partial charge in [0.1, 0.15) is 0 Å². The van der Waals surface area contributed by atoms with Crippen LogP contribution in [0, 0.1) is 0 Å². The standard InChI is InChI=1S/C25H31ClN6O4S2/c1-4-28-38(34,35)21-13-18(29-23-12-11-22(26)31-32-23)9-10-19(21)20-14-27-24(37-20)16-5-7-17(8-6-16)30-25(33)36-15(2)3/h9-17,28H,4-8H2,1-3H3,(H,29,32)(H,30,33). The molecule has 1 aliphatic carbocycles. The fraction of sp³-hybridized carbons (Fsp3) is 0.440. The second-order valence-electron chi connectivity index (χ2n) is 9.29. The minimum atomic E-state index is -3.77. The van der Waals surface area contributed by atoms with Crippen molar-refractivity contribution in [3.05, 3.63) is 46.7 Å². The van der Waals surface area contributed by atoms with Crippen LogP contribution in [0.2, 0.25) is 5.15 Å². The van der Waals surface area contributed by atoms with Gasteiger partial charge in [0.05, 0.1) is 20.9 Å². The van der Waals surface area contributed by atoms with Gasteiger partial charge in [0.15, 0.2) is 11.0 Å². The van der Waals surface area contributed by atoms with E-state index >= 15 is 0 Å². The van der Waals surface area contributed by atoms with E-state index in [2.05, 4.69) is 30.5 Å². The molecule has 0 bridgehead atoms. The number of carbonyl (C=O) groups excluding carboxylic acids is 1. The van der Waals surface area contributed by atoms with Crippen molar-refractivity contribution in [3.8, 4) is 10.4 Å². The molecule has 13 heteroatoms. The minimum Gasteiger partial charge on any atom is -0.447 e. The van der Waals surface area contributed by atoms with Crippen molar-refractivity contribution in [2.75, 3.05) is 11.9 Å². The predicted octanol–water partition coefficient (Wildman–Crippen LogP) is 5.46. The van der Waals surface area contributed by atoms with Crippen LogP contribution in [0.25, 0.3) is 10.4 Å². The lowest BCUT2D eigenvalue weighted by atomic mass is 9.86. The van der Waals surface area contributed by atoms with Crippen LogP contribution in [-0.2, 0) is 14.8 Å². The number of sulfonamides is 1. The van der Waals surface area contributed by atoms with E-state index in [0.29, 0.717) is 17.1 Å². The van der Waals surface area contributed by atoms with E-state index in [9.17, 15) is 13.2 Å². The number of alkyl carbamates (subject to hydrolysis) is 1. The molecule has 2 heterocycles. The summed E-state index contributed by atoms with van der Waals surface area (Å²) >= 11 is 7.31. The molecule has 3 N–H and O–H groups in total. The molecule has 2 aromatic heterocycles. The molecule has 1 aliphatic rings. The van der Waals surface area contributed by atoms with Crippen LogP contribution in [0.15, 0.2) is 41.4 Å². The first kappa shape index (κ1) is 28.2. The smallest absolute Gasteiger partial charge is 0.407 e. The number of hydrogen-bond acceptors (Lipinski definition) is 9. The average Bonchev–Trinajstić information content (AvgIpc) is 3.35. The van der Waals surface area contributed by atoms with Crippen LogP contribution < -0.4 is 15.4 Å². The molecule has 0 aliphatic heterocycles. The Morgan fingerprint density at radius 3 is 2.58 bits per heavy atom. The summed E-state index contributed by atoms with van der Waals surface area (Å²) in [6.07, 6.45) is 4.64. The third kappa shape index (κ3) is 7.19. The van der Waals surface area contributed by atoms with Gasteiger partial charge < -0.3 is 15.4 Å². The molecule has 38 heavy (non-hydrogen) atoms. The number of aromatic nitrogens is 3. The Bertz CT molecular complexity index is 1360. The third-order valence-electron chi connectivity index (χ3n) is 6.04. The highest BCUT2D eigenvalue weighted by Crippen LogP contribution is 2.40. The van der Waals surface area contributed by atoms with Crippen LogP contribution in [0.1, 0.15) is 57.4 Å². The molecule has 1 amide bonds. The van der Waals surface area contributed by atoms with Crippen molar-refractivity contribution in [1.29, 1.82) is 0 Å². The van der Waals surface area contributed by atoms with E-state index < -0.39 is 10.0 Å². The van der Waals surface area contributed by atoms with E-state index in [-0.39, 0.29) is 40.8 Å². The highest BCUT2D eigenvalue weighted by atomic mass is 35.5. The number of nitrogens with zero attached hydrogens (tertiary/aromatic N) is 3. The zero-order valence-electron chi connectivity index (χ0n) is 21.4. The first-order valence-corrected chi connectivity index (χ1v) is 15.2. The van der Waals surface area contributed by atoms with Gasteiger partial charge in [-0.2, -0.15) is 0 Å². The molecule has 1 fully saturated rings. The summed E-state index contributed by atoms with van der Waals surface area (Å²) in [5.74, 6) is 0.697. The third-order valence-corrected chi connectivity index (χ3v) is 9.02. The Balaban J connectivity index is 1.52. The lowest BCUT2D eigenvalue weighted by Gasteiger charge is -2.28. The van der Waals surface area contributed by atoms with E-state index in [1.54, 1.807) is 43.5 Å². The van der Waals surface area contributed by atoms with Crippen LogP contribution >= 0.6 is 22.9 Å². The summed E-state index contributed by atoms with van der Waals surface area (Å²) in [7, 11) is -3.77. The lowest BCUT2D eigenvalue weighted by Crippen LogP contribution is -2.38. The van der Waals surface area contributed by atoms with Crippen LogP contribution in [0.5, 0.6) is 0 Å². The summed E-state index contributed by atoms with van der Waals surface area (Å²) in [5, 5.41) is 15.0. The van der Waals surface area contributed by atoms with E-state index in [0.717, 1.165) is 35.6 Å². The average molecular weight is 579 g/mol. The molecule has 1 saturated carbocycles. The van der Waals surface area contributed by atoms with Crippen molar-refractivity contribution in [3.63, 3.8) is 0 Å². The van der Waals surface area contributed by atoms with Crippen molar-refractivity contribution in [2.45, 2.75) is 69.4 Å². The molecule has 0 atom stereocenters. The molecule has 204 valence electrons. The van der Waals surface area contributed by atoms with Gasteiger partial charge in [0.2, 0.25) is 10.0 Å². The van der Waals surface area contributed by atoms with Crippen LogP contribution in [0.3, 0.4) is 0 Å². The van der Waals surface area contributed by atoms with Gasteiger partial charge in [-0.1, -0.05) is 24.6 Å². The Morgan fingerprint density at radius 1 is 1.16 bits per heavy atom. The molecule has 0 saturated heterocycles. The molecule has 10 nitrogen and oxygen atoms in total. The number of thiazole rings is 1. The van der Waals surface area contributed by atoms with E-state index in [1.807, 2.05) is 13.8 Å². The number of amides is 1. The van der Waals surface area contributed by atoms with E-state index in [1.165, 1.54) is 11.3 Å². The molecule has 0 unspecified atom stereocenters. The topological polar surface area (TPSA) is 135 Å². The molecular formula is C25H31ClN6O4S2. The van der Waals surface area contributed by atoms with Gasteiger partial charge in [0.25, 0.3) is 0 Å². The van der Waals surface area contributed by atoms with Crippen molar-refractivity contribution < 1.29 is 17.9 Å². The summed E-state index contributed by atoms with van der Waals surface area (Å²) < 4.78 is 34.0. The van der Waals surface area contributed by atoms with Gasteiger partial charge in [-0.3, -0.25) is 0 Å². The van der Waals surface area contributed by atoms with Gasteiger partial charge in [0, 0.05) is 36.0 Å². The molecule has 0 radical (unpaired) electrons. The minimum absolute atomic E-state index is 0.0826. The van der Waals surface area contributed by atoms with Gasteiger partial charge in [-0.15, -0.1) is 21.5 Å². The second-order valence-corrected chi connectivity index (χ2v) is 12.5. The predicted molar refractivity (Wildman–Crippen MR) is 148 cm³/mol. The summed E-state index contributed by atoms with van der Waals surface area (Å²) in [5.41, 5.74) is 1.13. The Hall–Kier alpha value is -2.80. The molecule has 1 aromatic carbocycles. The monoisotopic (exact) mass is 578 g/mol. The first-order chi connectivity index (χ1) is 18.1. The van der Waals surface area contributed by atoms with Crippen molar-refractivity contribution >= 4 is 50.6 Å². The summed E-state index contributed by atoms with van der Waals surface area (Å²) in [6, 6.07) is 8.49. The van der Waals surface area contributed by atoms with E-state index in [4.69, 9.17) is 16.3 Å². The largest absolute Gasteiger partial charge is 0.447 e. The number of halogens is 1. The number of nitrogens with one attached hydrogen (secondary N) is 3. The fourth-order valence-electron chi connectivity index (χ4n) is 4.32. The maximum atomic E-state index is 13.1. The van der Waals surface area contributed by atoms with Crippen LogP contribution in [-0.4, -0.2) is 48.4 Å². The maximum Gasteiger partial charge on any atom is 0.407 e. The summed E-state index contributed by atoms with van der Waals surface area (Å²) in [6.45, 7) is 5.65. The highest BCUT2D eigenvalue weighted by Gasteiger charge is 2.27. The first-order valence-electron chi connectivity index (χ1n) is 12.5. The van der Waals surface area contributed by atoms with Crippen molar-refractivity contribution in [2.24, 2.45) is 0 Å². The van der Waals surface area contributed by atoms with Crippen molar-refractivity contribution in [1.82, 2.24) is 25.2 Å². The SMILES string of the molecule is CCNS(=O)(=O)c1cc(Nc2ccc(Cl)nn2)ccc1-c1cnc(C2CCC(NC(=O)OC(C)C)CC2)s1. The Labute approximate surface area is 231 Å². The quantitative estimate of drug-likeness (QED) is 0.305. The number of carbonyl (C=O) groups is 1. The summed E-state index contributed by atoms with van der Waals surface area (Å²) in [4.78, 5) is 17.5. The lowest BCUT2D eigenvalue weighted by molar-refractivity contribution is 0.109. The zero-order chi connectivity index (χ0) is 27.3. The number of ether oxygens (including phenoxy) is 1.